The minimum Gasteiger partial charge on any atom is -0.496 e. The topological polar surface area (TPSA) is 58.5 Å². The van der Waals surface area contributed by atoms with Crippen molar-refractivity contribution in [2.45, 2.75) is 13.0 Å². The molecule has 0 radical (unpaired) electrons. The lowest BCUT2D eigenvalue weighted by Crippen LogP contribution is -2.37. The molecule has 5 heteroatoms. The third kappa shape index (κ3) is 4.30. The van der Waals surface area contributed by atoms with Gasteiger partial charge in [-0.3, -0.25) is 9.98 Å². The highest BCUT2D eigenvalue weighted by atomic mass is 16.5. The molecule has 2 N–H and O–H groups in total. The van der Waals surface area contributed by atoms with E-state index in [1.165, 1.54) is 11.1 Å². The quantitative estimate of drug-likeness (QED) is 0.531. The van der Waals surface area contributed by atoms with Crippen molar-refractivity contribution in [2.75, 3.05) is 20.7 Å². The number of guanidine groups is 1. The molecule has 0 aliphatic heterocycles. The van der Waals surface area contributed by atoms with Crippen molar-refractivity contribution in [1.82, 2.24) is 15.6 Å². The van der Waals surface area contributed by atoms with E-state index in [0.717, 1.165) is 35.6 Å². The lowest BCUT2D eigenvalue weighted by Gasteiger charge is -2.14. The van der Waals surface area contributed by atoms with Crippen LogP contribution in [0, 0.1) is 0 Å². The highest BCUT2D eigenvalue weighted by molar-refractivity contribution is 5.83. The first-order valence-electron chi connectivity index (χ1n) is 8.71. The molecule has 26 heavy (non-hydrogen) atoms. The van der Waals surface area contributed by atoms with Gasteiger partial charge in [0.25, 0.3) is 0 Å². The largest absolute Gasteiger partial charge is 0.496 e. The molecule has 1 heterocycles. The van der Waals surface area contributed by atoms with E-state index >= 15 is 0 Å². The SMILES string of the molecule is CN=C(NCCc1ccccc1OC)NCc1ccnc2ccccc12. The second kappa shape index (κ2) is 8.85. The summed E-state index contributed by atoms with van der Waals surface area (Å²) < 4.78 is 5.40. The molecule has 0 aliphatic rings. The lowest BCUT2D eigenvalue weighted by molar-refractivity contribution is 0.409. The van der Waals surface area contributed by atoms with Crippen molar-refractivity contribution in [3.05, 3.63) is 71.9 Å². The molecule has 0 fully saturated rings. The molecular formula is C21H24N4O. The number of methoxy groups -OCH3 is 1. The molecule has 0 bridgehead atoms. The van der Waals surface area contributed by atoms with Crippen LogP contribution in [0.25, 0.3) is 10.9 Å². The molecule has 5 nitrogen and oxygen atoms in total. The van der Waals surface area contributed by atoms with Gasteiger partial charge >= 0.3 is 0 Å². The number of benzene rings is 2. The van der Waals surface area contributed by atoms with Crippen LogP contribution >= 0.6 is 0 Å². The molecule has 0 saturated heterocycles. The monoisotopic (exact) mass is 348 g/mol. The first-order valence-corrected chi connectivity index (χ1v) is 8.71. The number of fused-ring (bicyclic) bond motifs is 1. The van der Waals surface area contributed by atoms with Gasteiger partial charge in [0.1, 0.15) is 5.75 Å². The van der Waals surface area contributed by atoms with Gasteiger partial charge < -0.3 is 15.4 Å². The summed E-state index contributed by atoms with van der Waals surface area (Å²) in [6.07, 6.45) is 2.71. The van der Waals surface area contributed by atoms with Crippen LogP contribution in [0.5, 0.6) is 5.75 Å². The summed E-state index contributed by atoms with van der Waals surface area (Å²) in [5.41, 5.74) is 3.38. The van der Waals surface area contributed by atoms with Crippen molar-refractivity contribution in [3.8, 4) is 5.75 Å². The Morgan fingerprint density at radius 2 is 1.81 bits per heavy atom. The molecular weight excluding hydrogens is 324 g/mol. The van der Waals surface area contributed by atoms with E-state index in [0.29, 0.717) is 6.54 Å². The van der Waals surface area contributed by atoms with E-state index in [2.05, 4.69) is 32.7 Å². The van der Waals surface area contributed by atoms with Crippen molar-refractivity contribution >= 4 is 16.9 Å². The predicted octanol–water partition coefficient (Wildman–Crippen LogP) is 3.15. The lowest BCUT2D eigenvalue weighted by atomic mass is 10.1. The number of aromatic nitrogens is 1. The average molecular weight is 348 g/mol. The van der Waals surface area contributed by atoms with E-state index < -0.39 is 0 Å². The second-order valence-corrected chi connectivity index (χ2v) is 5.90. The van der Waals surface area contributed by atoms with Gasteiger partial charge in [-0.2, -0.15) is 0 Å². The number of nitrogens with zero attached hydrogens (tertiary/aromatic N) is 2. The van der Waals surface area contributed by atoms with Crippen LogP contribution in [0.1, 0.15) is 11.1 Å². The van der Waals surface area contributed by atoms with Gasteiger partial charge in [-0.25, -0.2) is 0 Å². The van der Waals surface area contributed by atoms with Crippen LogP contribution in [0.2, 0.25) is 0 Å². The minimum absolute atomic E-state index is 0.692. The molecule has 1 aromatic heterocycles. The van der Waals surface area contributed by atoms with Crippen LogP contribution in [-0.4, -0.2) is 31.6 Å². The fraction of sp³-hybridized carbons (Fsp3) is 0.238. The maximum absolute atomic E-state index is 5.40. The fourth-order valence-electron chi connectivity index (χ4n) is 2.93. The zero-order valence-corrected chi connectivity index (χ0v) is 15.2. The zero-order chi connectivity index (χ0) is 18.2. The van der Waals surface area contributed by atoms with Crippen LogP contribution in [0.15, 0.2) is 65.8 Å². The van der Waals surface area contributed by atoms with Gasteiger partial charge in [0, 0.05) is 31.7 Å². The molecule has 0 aliphatic carbocycles. The summed E-state index contributed by atoms with van der Waals surface area (Å²) in [6, 6.07) is 18.3. The fourth-order valence-corrected chi connectivity index (χ4v) is 2.93. The van der Waals surface area contributed by atoms with Gasteiger partial charge in [-0.15, -0.1) is 0 Å². The van der Waals surface area contributed by atoms with Gasteiger partial charge in [0.15, 0.2) is 5.96 Å². The normalized spacial score (nSPS) is 11.4. The number of hydrogen-bond acceptors (Lipinski definition) is 3. The highest BCUT2D eigenvalue weighted by Gasteiger charge is 2.04. The standard InChI is InChI=1S/C21H24N4O/c1-22-21(24-14-11-16-7-3-6-10-20(16)26-2)25-15-17-12-13-23-19-9-5-4-8-18(17)19/h3-10,12-13H,11,14-15H2,1-2H3,(H2,22,24,25). The minimum atomic E-state index is 0.692. The summed E-state index contributed by atoms with van der Waals surface area (Å²) in [4.78, 5) is 8.71. The number of aliphatic imine (C=N–C) groups is 1. The average Bonchev–Trinajstić information content (AvgIpc) is 2.70. The van der Waals surface area contributed by atoms with Crippen LogP contribution in [0.4, 0.5) is 0 Å². The van der Waals surface area contributed by atoms with Crippen molar-refractivity contribution in [1.29, 1.82) is 0 Å². The molecule has 134 valence electrons. The molecule has 0 spiro atoms. The Labute approximate surface area is 154 Å². The molecule has 0 atom stereocenters. The van der Waals surface area contributed by atoms with Gasteiger partial charge in [0.2, 0.25) is 0 Å². The van der Waals surface area contributed by atoms with Gasteiger partial charge in [0.05, 0.1) is 12.6 Å². The second-order valence-electron chi connectivity index (χ2n) is 5.90. The summed E-state index contributed by atoms with van der Waals surface area (Å²) >= 11 is 0. The number of rotatable bonds is 6. The Morgan fingerprint density at radius 1 is 1.00 bits per heavy atom. The van der Waals surface area contributed by atoms with Crippen molar-refractivity contribution in [3.63, 3.8) is 0 Å². The Balaban J connectivity index is 1.57. The third-order valence-electron chi connectivity index (χ3n) is 4.29. The molecule has 0 saturated carbocycles. The van der Waals surface area contributed by atoms with Crippen molar-refractivity contribution in [2.24, 2.45) is 4.99 Å². The highest BCUT2D eigenvalue weighted by Crippen LogP contribution is 2.17. The Kier molecular flexibility index (Phi) is 6.04. The molecule has 3 aromatic rings. The summed E-state index contributed by atoms with van der Waals surface area (Å²) in [5, 5.41) is 7.89. The van der Waals surface area contributed by atoms with Crippen LogP contribution in [0.3, 0.4) is 0 Å². The van der Waals surface area contributed by atoms with E-state index in [1.54, 1.807) is 14.2 Å². The maximum Gasteiger partial charge on any atom is 0.191 e. The van der Waals surface area contributed by atoms with Crippen LogP contribution in [-0.2, 0) is 13.0 Å². The zero-order valence-electron chi connectivity index (χ0n) is 15.2. The Hall–Kier alpha value is -3.08. The third-order valence-corrected chi connectivity index (χ3v) is 4.29. The molecule has 2 aromatic carbocycles. The summed E-state index contributed by atoms with van der Waals surface area (Å²) in [5.74, 6) is 1.70. The van der Waals surface area contributed by atoms with E-state index in [9.17, 15) is 0 Å². The van der Waals surface area contributed by atoms with Crippen LogP contribution < -0.4 is 15.4 Å². The maximum atomic E-state index is 5.40. The first-order chi connectivity index (χ1) is 12.8. The molecule has 0 unspecified atom stereocenters. The Bertz CT molecular complexity index is 887. The van der Waals surface area contributed by atoms with Gasteiger partial charge in [-0.1, -0.05) is 36.4 Å². The molecule has 3 rings (SSSR count). The van der Waals surface area contributed by atoms with Crippen molar-refractivity contribution < 1.29 is 4.74 Å². The number of hydrogen-bond donors (Lipinski definition) is 2. The summed E-state index contributed by atoms with van der Waals surface area (Å²) in [6.45, 7) is 1.47. The van der Waals surface area contributed by atoms with E-state index in [4.69, 9.17) is 4.74 Å². The Morgan fingerprint density at radius 3 is 2.65 bits per heavy atom. The summed E-state index contributed by atoms with van der Waals surface area (Å²) in [7, 11) is 3.48. The number of para-hydroxylation sites is 2. The number of ether oxygens (including phenoxy) is 1. The first kappa shape index (κ1) is 17.7. The van der Waals surface area contributed by atoms with E-state index in [1.807, 2.05) is 48.7 Å². The smallest absolute Gasteiger partial charge is 0.191 e. The number of nitrogens with one attached hydrogen (secondary N) is 2. The predicted molar refractivity (Wildman–Crippen MR) is 107 cm³/mol. The van der Waals surface area contributed by atoms with E-state index in [-0.39, 0.29) is 0 Å². The number of pyridine rings is 1. The van der Waals surface area contributed by atoms with Gasteiger partial charge in [-0.05, 0) is 35.7 Å². The molecule has 0 amide bonds.